The summed E-state index contributed by atoms with van der Waals surface area (Å²) in [6.07, 6.45) is 12.7. The molecule has 0 aliphatic heterocycles. The minimum Gasteiger partial charge on any atom is -0.494 e. The third kappa shape index (κ3) is 7.58. The maximum atomic E-state index is 12.8. The maximum absolute atomic E-state index is 12.8. The molecule has 2 heterocycles. The fourth-order valence-corrected chi connectivity index (χ4v) is 5.13. The maximum Gasteiger partial charge on any atom is 0.347 e. The van der Waals surface area contributed by atoms with E-state index in [1.807, 2.05) is 12.1 Å². The van der Waals surface area contributed by atoms with E-state index >= 15 is 0 Å². The zero-order valence-electron chi connectivity index (χ0n) is 24.8. The topological polar surface area (TPSA) is 133 Å². The number of hydrogen-bond donors (Lipinski definition) is 1. The molecular formula is C35H36N2O7. The van der Waals surface area contributed by atoms with E-state index < -0.39 is 17.2 Å². The van der Waals surface area contributed by atoms with Gasteiger partial charge in [-0.05, 0) is 67.1 Å². The highest BCUT2D eigenvalue weighted by molar-refractivity contribution is 5.93. The van der Waals surface area contributed by atoms with E-state index in [2.05, 4.69) is 16.9 Å². The normalized spacial score (nSPS) is 11.3. The average molecular weight is 597 g/mol. The largest absolute Gasteiger partial charge is 0.494 e. The van der Waals surface area contributed by atoms with Gasteiger partial charge >= 0.3 is 17.2 Å². The summed E-state index contributed by atoms with van der Waals surface area (Å²) in [4.78, 5) is 45.6. The number of hydrogen-bond acceptors (Lipinski definition) is 8. The first kappa shape index (κ1) is 30.7. The number of carboxylic acids is 1. The van der Waals surface area contributed by atoms with Crippen molar-refractivity contribution in [3.05, 3.63) is 87.1 Å². The molecule has 9 heteroatoms. The Bertz CT molecular complexity index is 1860. The lowest BCUT2D eigenvalue weighted by Crippen LogP contribution is -2.06. The molecule has 44 heavy (non-hydrogen) atoms. The van der Waals surface area contributed by atoms with Gasteiger partial charge in [-0.1, -0.05) is 64.7 Å². The number of fused-ring (bicyclic) bond motifs is 2. The molecule has 0 atom stereocenters. The van der Waals surface area contributed by atoms with Crippen LogP contribution < -0.4 is 16.0 Å². The van der Waals surface area contributed by atoms with Crippen LogP contribution in [0, 0.1) is 0 Å². The van der Waals surface area contributed by atoms with Gasteiger partial charge in [0, 0.05) is 11.1 Å². The third-order valence-electron chi connectivity index (χ3n) is 7.62. The number of aromatic nitrogens is 2. The Morgan fingerprint density at radius 1 is 0.682 bits per heavy atom. The highest BCUT2D eigenvalue weighted by Gasteiger charge is 2.15. The van der Waals surface area contributed by atoms with E-state index in [4.69, 9.17) is 13.6 Å². The number of rotatable bonds is 15. The van der Waals surface area contributed by atoms with Gasteiger partial charge in [-0.15, -0.1) is 0 Å². The van der Waals surface area contributed by atoms with Gasteiger partial charge in [0.2, 0.25) is 11.8 Å². The van der Waals surface area contributed by atoms with Gasteiger partial charge < -0.3 is 18.7 Å². The van der Waals surface area contributed by atoms with Crippen molar-refractivity contribution < 1.29 is 23.5 Å². The summed E-state index contributed by atoms with van der Waals surface area (Å²) in [6.45, 7) is 2.89. The zero-order valence-corrected chi connectivity index (χ0v) is 24.8. The fraction of sp³-hybridized carbons (Fsp3) is 0.343. The summed E-state index contributed by atoms with van der Waals surface area (Å²) in [5, 5.41) is 9.72. The molecule has 0 radical (unpaired) electrons. The molecule has 0 aliphatic rings. The molecule has 3 aromatic carbocycles. The molecule has 0 saturated carbocycles. The standard InChI is InChI=1S/C35H36N2O7/c1-2-3-4-5-6-7-8-9-10-11-20-42-26-16-12-23(13-17-26)31-36-29-21-24(14-18-27(29)34(40)43-31)32-37-30-22-25(33(38)39)15-19-28(30)35(41)44-32/h12-19,21-22H,2-11,20H2,1H3,(H,38,39). The second-order valence-electron chi connectivity index (χ2n) is 10.9. The molecule has 0 saturated heterocycles. The van der Waals surface area contributed by atoms with Gasteiger partial charge in [-0.2, -0.15) is 0 Å². The van der Waals surface area contributed by atoms with Gasteiger partial charge in [0.05, 0.1) is 34.0 Å². The molecule has 0 spiro atoms. The van der Waals surface area contributed by atoms with Gasteiger partial charge in [-0.3, -0.25) is 0 Å². The lowest BCUT2D eigenvalue weighted by Gasteiger charge is -2.08. The Balaban J connectivity index is 1.24. The van der Waals surface area contributed by atoms with Gasteiger partial charge in [0.25, 0.3) is 0 Å². The molecule has 5 aromatic rings. The highest BCUT2D eigenvalue weighted by atomic mass is 16.5. The Morgan fingerprint density at radius 3 is 1.82 bits per heavy atom. The molecule has 5 rings (SSSR count). The second-order valence-corrected chi connectivity index (χ2v) is 10.9. The quantitative estimate of drug-likeness (QED) is 0.119. The van der Waals surface area contributed by atoms with Crippen molar-refractivity contribution in [3.8, 4) is 28.7 Å². The van der Waals surface area contributed by atoms with Crippen LogP contribution in [0.4, 0.5) is 0 Å². The summed E-state index contributed by atoms with van der Waals surface area (Å²) in [6, 6.07) is 15.9. The summed E-state index contributed by atoms with van der Waals surface area (Å²) >= 11 is 0. The first-order valence-corrected chi connectivity index (χ1v) is 15.3. The first-order chi connectivity index (χ1) is 21.4. The predicted molar refractivity (Wildman–Crippen MR) is 169 cm³/mol. The molecule has 0 fully saturated rings. The van der Waals surface area contributed by atoms with Crippen molar-refractivity contribution in [3.63, 3.8) is 0 Å². The number of nitrogens with zero attached hydrogens (tertiary/aromatic N) is 2. The molecule has 1 N–H and O–H groups in total. The van der Waals surface area contributed by atoms with Crippen LogP contribution in [0.25, 0.3) is 44.7 Å². The van der Waals surface area contributed by atoms with Crippen molar-refractivity contribution in [1.82, 2.24) is 9.97 Å². The lowest BCUT2D eigenvalue weighted by molar-refractivity contribution is 0.0697. The lowest BCUT2D eigenvalue weighted by atomic mass is 10.1. The van der Waals surface area contributed by atoms with E-state index in [1.54, 1.807) is 24.3 Å². The van der Waals surface area contributed by atoms with Crippen molar-refractivity contribution in [2.24, 2.45) is 0 Å². The van der Waals surface area contributed by atoms with Crippen LogP contribution in [0.3, 0.4) is 0 Å². The number of unbranched alkanes of at least 4 members (excludes halogenated alkanes) is 9. The fourth-order valence-electron chi connectivity index (χ4n) is 5.13. The number of benzene rings is 3. The van der Waals surface area contributed by atoms with E-state index in [0.29, 0.717) is 23.3 Å². The predicted octanol–water partition coefficient (Wildman–Crippen LogP) is 8.02. The number of carbonyl (C=O) groups is 1. The number of aromatic carboxylic acids is 1. The van der Waals surface area contributed by atoms with E-state index in [1.165, 1.54) is 75.6 Å². The molecule has 0 bridgehead atoms. The molecule has 0 aliphatic carbocycles. The molecule has 9 nitrogen and oxygen atoms in total. The highest BCUT2D eigenvalue weighted by Crippen LogP contribution is 2.26. The van der Waals surface area contributed by atoms with Gasteiger partial charge in [0.15, 0.2) is 0 Å². The van der Waals surface area contributed by atoms with Crippen LogP contribution in [0.1, 0.15) is 81.5 Å². The van der Waals surface area contributed by atoms with Crippen molar-refractivity contribution >= 4 is 27.8 Å². The smallest absolute Gasteiger partial charge is 0.347 e. The van der Waals surface area contributed by atoms with Crippen LogP contribution >= 0.6 is 0 Å². The second kappa shape index (κ2) is 14.6. The van der Waals surface area contributed by atoms with Crippen molar-refractivity contribution in [1.29, 1.82) is 0 Å². The van der Waals surface area contributed by atoms with Crippen LogP contribution in [-0.2, 0) is 0 Å². The Hall–Kier alpha value is -4.79. The van der Waals surface area contributed by atoms with Gasteiger partial charge in [0.1, 0.15) is 5.75 Å². The summed E-state index contributed by atoms with van der Waals surface area (Å²) < 4.78 is 16.8. The molecule has 0 amide bonds. The van der Waals surface area contributed by atoms with Crippen LogP contribution in [-0.4, -0.2) is 27.7 Å². The number of ether oxygens (including phenoxy) is 1. The van der Waals surface area contributed by atoms with Crippen LogP contribution in [0.2, 0.25) is 0 Å². The molecule has 2 aromatic heterocycles. The third-order valence-corrected chi connectivity index (χ3v) is 7.62. The van der Waals surface area contributed by atoms with E-state index in [0.717, 1.165) is 18.6 Å². The minimum atomic E-state index is -1.13. The zero-order chi connectivity index (χ0) is 30.9. The SMILES string of the molecule is CCCCCCCCCCCCOc1ccc(-c2nc3cc(-c4nc5cc(C(=O)O)ccc5c(=O)o4)ccc3c(=O)o2)cc1. The van der Waals surface area contributed by atoms with Gasteiger partial charge in [-0.25, -0.2) is 24.4 Å². The molecular weight excluding hydrogens is 560 g/mol. The van der Waals surface area contributed by atoms with E-state index in [9.17, 15) is 19.5 Å². The average Bonchev–Trinajstić information content (AvgIpc) is 3.03. The van der Waals surface area contributed by atoms with Crippen LogP contribution in [0.5, 0.6) is 5.75 Å². The minimum absolute atomic E-state index is 0.000741. The summed E-state index contributed by atoms with van der Waals surface area (Å²) in [5.41, 5.74) is 0.316. The van der Waals surface area contributed by atoms with Crippen molar-refractivity contribution in [2.45, 2.75) is 71.1 Å². The first-order valence-electron chi connectivity index (χ1n) is 15.3. The molecule has 0 unspecified atom stereocenters. The van der Waals surface area contributed by atoms with E-state index in [-0.39, 0.29) is 33.6 Å². The Labute approximate surface area is 254 Å². The Morgan fingerprint density at radius 2 is 1.20 bits per heavy atom. The Kier molecular flexibility index (Phi) is 10.2. The monoisotopic (exact) mass is 596 g/mol. The number of carboxylic acid groups (broad SMARTS) is 1. The summed E-state index contributed by atoms with van der Waals surface area (Å²) in [5.74, 6) is -0.280. The van der Waals surface area contributed by atoms with Crippen molar-refractivity contribution in [2.75, 3.05) is 6.61 Å². The summed E-state index contributed by atoms with van der Waals surface area (Å²) in [7, 11) is 0. The van der Waals surface area contributed by atoms with Crippen LogP contribution in [0.15, 0.2) is 79.1 Å². The molecule has 228 valence electrons.